The Hall–Kier alpha value is -2.44. The van der Waals surface area contributed by atoms with E-state index in [0.717, 1.165) is 49.7 Å². The van der Waals surface area contributed by atoms with Gasteiger partial charge in [0.15, 0.2) is 5.96 Å². The van der Waals surface area contributed by atoms with E-state index in [2.05, 4.69) is 29.6 Å². The molecule has 1 aliphatic heterocycles. The number of hydrogen-bond acceptors (Lipinski definition) is 3. The lowest BCUT2D eigenvalue weighted by atomic mass is 10.1. The highest BCUT2D eigenvalue weighted by Gasteiger charge is 2.14. The van der Waals surface area contributed by atoms with Gasteiger partial charge in [0.05, 0.1) is 19.3 Å². The van der Waals surface area contributed by atoms with Gasteiger partial charge in [-0.3, -0.25) is 0 Å². The van der Waals surface area contributed by atoms with Crippen LogP contribution in [-0.2, 0) is 29.2 Å². The van der Waals surface area contributed by atoms with Crippen LogP contribution < -0.4 is 5.32 Å². The summed E-state index contributed by atoms with van der Waals surface area (Å²) in [5, 5.41) is 3.31. The molecule has 1 heterocycles. The number of rotatable bonds is 8. The van der Waals surface area contributed by atoms with Crippen molar-refractivity contribution in [3.8, 4) is 0 Å². The smallest absolute Gasteiger partial charge is 0.194 e. The van der Waals surface area contributed by atoms with Gasteiger partial charge in [0.25, 0.3) is 0 Å². The van der Waals surface area contributed by atoms with Gasteiger partial charge >= 0.3 is 0 Å². The third kappa shape index (κ3) is 7.11. The van der Waals surface area contributed by atoms with E-state index in [-0.39, 0.29) is 5.82 Å². The van der Waals surface area contributed by atoms with E-state index in [1.165, 1.54) is 11.6 Å². The van der Waals surface area contributed by atoms with Gasteiger partial charge in [-0.05, 0) is 48.6 Å². The van der Waals surface area contributed by atoms with Crippen LogP contribution >= 0.6 is 0 Å². The van der Waals surface area contributed by atoms with E-state index in [0.29, 0.717) is 25.8 Å². The summed E-state index contributed by atoms with van der Waals surface area (Å²) in [7, 11) is 1.96. The first-order valence-corrected chi connectivity index (χ1v) is 10.6. The van der Waals surface area contributed by atoms with Crippen molar-refractivity contribution < 1.29 is 13.9 Å². The van der Waals surface area contributed by atoms with Gasteiger partial charge in [0.1, 0.15) is 5.82 Å². The zero-order chi connectivity index (χ0) is 21.2. The van der Waals surface area contributed by atoms with Gasteiger partial charge in [-0.1, -0.05) is 36.4 Å². The average molecular weight is 414 g/mol. The molecule has 0 aliphatic carbocycles. The molecule has 1 aliphatic rings. The predicted molar refractivity (Wildman–Crippen MR) is 118 cm³/mol. The number of halogens is 1. The van der Waals surface area contributed by atoms with Crippen LogP contribution in [0.2, 0.25) is 0 Å². The van der Waals surface area contributed by atoms with E-state index in [4.69, 9.17) is 14.5 Å². The van der Waals surface area contributed by atoms with E-state index in [9.17, 15) is 4.39 Å². The second-order valence-electron chi connectivity index (χ2n) is 7.60. The largest absolute Gasteiger partial charge is 0.381 e. The highest BCUT2D eigenvalue weighted by molar-refractivity contribution is 5.79. The van der Waals surface area contributed by atoms with Gasteiger partial charge in [0.2, 0.25) is 0 Å². The molecule has 0 aromatic heterocycles. The first kappa shape index (κ1) is 22.2. The third-order valence-corrected chi connectivity index (χ3v) is 5.09. The lowest BCUT2D eigenvalue weighted by molar-refractivity contribution is -0.0390. The topological polar surface area (TPSA) is 46.1 Å². The van der Waals surface area contributed by atoms with Crippen LogP contribution in [0.1, 0.15) is 36.5 Å². The standard InChI is InChI=1S/C24H32FN3O2/c1-3-26-24(28(2)17-21-5-4-6-22(25)15-21)27-16-19-7-9-20(10-8-19)18-30-23-11-13-29-14-12-23/h4-10,15,23H,3,11-14,16-18H2,1-2H3,(H,26,27). The Morgan fingerprint density at radius 3 is 2.57 bits per heavy atom. The van der Waals surface area contributed by atoms with Crippen LogP contribution in [0, 0.1) is 5.82 Å². The van der Waals surface area contributed by atoms with Crippen molar-refractivity contribution in [2.45, 2.75) is 45.6 Å². The van der Waals surface area contributed by atoms with Crippen LogP contribution in [0.3, 0.4) is 0 Å². The highest BCUT2D eigenvalue weighted by atomic mass is 19.1. The van der Waals surface area contributed by atoms with Crippen molar-refractivity contribution in [2.24, 2.45) is 4.99 Å². The number of benzene rings is 2. The Morgan fingerprint density at radius 1 is 1.13 bits per heavy atom. The zero-order valence-electron chi connectivity index (χ0n) is 17.9. The molecule has 5 nitrogen and oxygen atoms in total. The molecule has 1 N–H and O–H groups in total. The van der Waals surface area contributed by atoms with Gasteiger partial charge in [-0.2, -0.15) is 0 Å². The first-order chi connectivity index (χ1) is 14.6. The van der Waals surface area contributed by atoms with Crippen LogP contribution in [-0.4, -0.2) is 43.8 Å². The van der Waals surface area contributed by atoms with Crippen molar-refractivity contribution >= 4 is 5.96 Å². The average Bonchev–Trinajstić information content (AvgIpc) is 2.76. The fraction of sp³-hybridized carbons (Fsp3) is 0.458. The predicted octanol–water partition coefficient (Wildman–Crippen LogP) is 4.12. The highest BCUT2D eigenvalue weighted by Crippen LogP contribution is 2.14. The monoisotopic (exact) mass is 413 g/mol. The number of hydrogen-bond donors (Lipinski definition) is 1. The molecule has 2 aromatic rings. The SMILES string of the molecule is CCNC(=NCc1ccc(COC2CCOCC2)cc1)N(C)Cc1cccc(F)c1. The van der Waals surface area contributed by atoms with Gasteiger partial charge in [-0.15, -0.1) is 0 Å². The summed E-state index contributed by atoms with van der Waals surface area (Å²) < 4.78 is 24.8. The zero-order valence-corrected chi connectivity index (χ0v) is 17.9. The molecule has 0 spiro atoms. The molecular formula is C24H32FN3O2. The first-order valence-electron chi connectivity index (χ1n) is 10.6. The molecule has 0 amide bonds. The van der Waals surface area contributed by atoms with Crippen molar-refractivity contribution in [3.05, 3.63) is 71.0 Å². The minimum atomic E-state index is -0.219. The van der Waals surface area contributed by atoms with Crippen LogP contribution in [0.15, 0.2) is 53.5 Å². The molecule has 0 atom stereocenters. The summed E-state index contributed by atoms with van der Waals surface area (Å²) in [6.45, 7) is 6.20. The van der Waals surface area contributed by atoms with Crippen molar-refractivity contribution in [2.75, 3.05) is 26.8 Å². The Labute approximate surface area is 178 Å². The number of aliphatic imine (C=N–C) groups is 1. The van der Waals surface area contributed by atoms with Crippen LogP contribution in [0.5, 0.6) is 0 Å². The number of guanidine groups is 1. The van der Waals surface area contributed by atoms with Gasteiger partial charge < -0.3 is 19.7 Å². The number of ether oxygens (including phenoxy) is 2. The van der Waals surface area contributed by atoms with E-state index < -0.39 is 0 Å². The second kappa shape index (κ2) is 11.7. The summed E-state index contributed by atoms with van der Waals surface area (Å²) in [6, 6.07) is 15.1. The van der Waals surface area contributed by atoms with Crippen molar-refractivity contribution in [1.82, 2.24) is 10.2 Å². The maximum atomic E-state index is 13.5. The Morgan fingerprint density at radius 2 is 1.87 bits per heavy atom. The molecule has 0 unspecified atom stereocenters. The van der Waals surface area contributed by atoms with E-state index in [1.54, 1.807) is 12.1 Å². The van der Waals surface area contributed by atoms with Crippen LogP contribution in [0.4, 0.5) is 4.39 Å². The molecule has 2 aromatic carbocycles. The summed E-state index contributed by atoms with van der Waals surface area (Å²) >= 11 is 0. The van der Waals surface area contributed by atoms with Crippen molar-refractivity contribution in [3.63, 3.8) is 0 Å². The molecule has 0 bridgehead atoms. The number of nitrogens with one attached hydrogen (secondary N) is 1. The van der Waals surface area contributed by atoms with E-state index in [1.807, 2.05) is 24.9 Å². The maximum absolute atomic E-state index is 13.5. The van der Waals surface area contributed by atoms with E-state index >= 15 is 0 Å². The lowest BCUT2D eigenvalue weighted by Gasteiger charge is -2.22. The van der Waals surface area contributed by atoms with Gasteiger partial charge in [-0.25, -0.2) is 9.38 Å². The quantitative estimate of drug-likeness (QED) is 0.522. The molecule has 30 heavy (non-hydrogen) atoms. The fourth-order valence-corrected chi connectivity index (χ4v) is 3.42. The molecule has 1 saturated heterocycles. The Kier molecular flexibility index (Phi) is 8.66. The molecule has 162 valence electrons. The normalized spacial score (nSPS) is 15.2. The molecule has 0 radical (unpaired) electrons. The summed E-state index contributed by atoms with van der Waals surface area (Å²) in [6.07, 6.45) is 2.26. The van der Waals surface area contributed by atoms with Crippen molar-refractivity contribution in [1.29, 1.82) is 0 Å². The minimum Gasteiger partial charge on any atom is -0.381 e. The van der Waals surface area contributed by atoms with Gasteiger partial charge in [0, 0.05) is 33.4 Å². The molecule has 0 saturated carbocycles. The summed E-state index contributed by atoms with van der Waals surface area (Å²) in [5.74, 6) is 0.581. The Bertz CT molecular complexity index is 804. The second-order valence-corrected chi connectivity index (χ2v) is 7.60. The number of nitrogens with zero attached hydrogens (tertiary/aromatic N) is 2. The molecule has 3 rings (SSSR count). The minimum absolute atomic E-state index is 0.219. The molecule has 1 fully saturated rings. The molecular weight excluding hydrogens is 381 g/mol. The Balaban J connectivity index is 1.54. The third-order valence-electron chi connectivity index (χ3n) is 5.09. The maximum Gasteiger partial charge on any atom is 0.194 e. The summed E-state index contributed by atoms with van der Waals surface area (Å²) in [5.41, 5.74) is 3.22. The molecule has 6 heteroatoms. The lowest BCUT2D eigenvalue weighted by Crippen LogP contribution is -2.38. The summed E-state index contributed by atoms with van der Waals surface area (Å²) in [4.78, 5) is 6.75. The fourth-order valence-electron chi connectivity index (χ4n) is 3.42. The van der Waals surface area contributed by atoms with Crippen LogP contribution in [0.25, 0.3) is 0 Å².